The van der Waals surface area contributed by atoms with Crippen LogP contribution in [0.2, 0.25) is 0 Å². The van der Waals surface area contributed by atoms with Crippen molar-refractivity contribution in [3.8, 4) is 5.75 Å². The lowest BCUT2D eigenvalue weighted by Gasteiger charge is -2.21. The molecule has 2 N–H and O–H groups in total. The van der Waals surface area contributed by atoms with Crippen molar-refractivity contribution in [1.82, 2.24) is 0 Å². The molecule has 1 aliphatic rings. The maximum absolute atomic E-state index is 12.7. The van der Waals surface area contributed by atoms with Gasteiger partial charge in [-0.1, -0.05) is 12.1 Å². The van der Waals surface area contributed by atoms with Gasteiger partial charge in [0.15, 0.2) is 0 Å². The highest BCUT2D eigenvalue weighted by molar-refractivity contribution is 7.91. The number of sulfone groups is 1. The molecule has 112 valence electrons. The van der Waals surface area contributed by atoms with Crippen molar-refractivity contribution in [3.63, 3.8) is 0 Å². The molecule has 4 nitrogen and oxygen atoms in total. The van der Waals surface area contributed by atoms with E-state index in [-0.39, 0.29) is 17.8 Å². The second-order valence-corrected chi connectivity index (χ2v) is 6.72. The fraction of sp³-hybridized carbons (Fsp3) is 0.538. The summed E-state index contributed by atoms with van der Waals surface area (Å²) in [6, 6.07) is 5.51. The largest absolute Gasteiger partial charge is 0.489 e. The van der Waals surface area contributed by atoms with Gasteiger partial charge in [0.1, 0.15) is 16.7 Å². The Kier molecular flexibility index (Phi) is 4.59. The number of alkyl halides is 2. The Morgan fingerprint density at radius 2 is 2.00 bits per heavy atom. The number of benzene rings is 1. The van der Waals surface area contributed by atoms with E-state index in [2.05, 4.69) is 0 Å². The van der Waals surface area contributed by atoms with Crippen molar-refractivity contribution in [2.75, 3.05) is 6.54 Å². The van der Waals surface area contributed by atoms with Crippen LogP contribution in [0, 0.1) is 5.92 Å². The topological polar surface area (TPSA) is 69.4 Å². The van der Waals surface area contributed by atoms with Crippen LogP contribution in [0.15, 0.2) is 29.2 Å². The zero-order chi connectivity index (χ0) is 14.8. The lowest BCUT2D eigenvalue weighted by atomic mass is 10.1. The van der Waals surface area contributed by atoms with E-state index in [0.29, 0.717) is 6.54 Å². The molecule has 0 spiro atoms. The molecule has 0 heterocycles. The van der Waals surface area contributed by atoms with Gasteiger partial charge in [-0.05, 0) is 37.9 Å². The van der Waals surface area contributed by atoms with E-state index in [1.54, 1.807) is 6.07 Å². The third-order valence-corrected chi connectivity index (χ3v) is 4.98. The fourth-order valence-corrected chi connectivity index (χ4v) is 3.33. The lowest BCUT2D eigenvalue weighted by Crippen LogP contribution is -2.28. The van der Waals surface area contributed by atoms with Crippen molar-refractivity contribution >= 4 is 9.84 Å². The van der Waals surface area contributed by atoms with Crippen LogP contribution < -0.4 is 10.5 Å². The molecule has 0 aliphatic heterocycles. The summed E-state index contributed by atoms with van der Waals surface area (Å²) >= 11 is 0. The summed E-state index contributed by atoms with van der Waals surface area (Å²) in [6.45, 7) is 0.439. The lowest BCUT2D eigenvalue weighted by molar-refractivity contribution is 0.157. The average Bonchev–Trinajstić information content (AvgIpc) is 2.86. The fourth-order valence-electron chi connectivity index (χ4n) is 2.47. The highest BCUT2D eigenvalue weighted by atomic mass is 32.2. The normalized spacial score (nSPS) is 23.2. The second-order valence-electron chi connectivity index (χ2n) is 4.84. The molecule has 0 aromatic heterocycles. The first-order valence-corrected chi connectivity index (χ1v) is 7.99. The first kappa shape index (κ1) is 15.2. The van der Waals surface area contributed by atoms with Crippen LogP contribution in [-0.4, -0.2) is 26.8 Å². The number of rotatable bonds is 5. The van der Waals surface area contributed by atoms with E-state index in [0.717, 1.165) is 25.3 Å². The van der Waals surface area contributed by atoms with Gasteiger partial charge in [-0.15, -0.1) is 0 Å². The van der Waals surface area contributed by atoms with Crippen molar-refractivity contribution < 1.29 is 21.9 Å². The van der Waals surface area contributed by atoms with Crippen molar-refractivity contribution in [1.29, 1.82) is 0 Å². The summed E-state index contributed by atoms with van der Waals surface area (Å²) < 4.78 is 54.2. The van der Waals surface area contributed by atoms with Gasteiger partial charge in [0.2, 0.25) is 9.84 Å². The Bertz CT molecular complexity index is 562. The minimum atomic E-state index is -4.66. The van der Waals surface area contributed by atoms with Gasteiger partial charge >= 0.3 is 5.76 Å². The van der Waals surface area contributed by atoms with E-state index >= 15 is 0 Å². The molecular formula is C13H17F2NO3S. The van der Waals surface area contributed by atoms with Gasteiger partial charge in [0.25, 0.3) is 0 Å². The van der Waals surface area contributed by atoms with Gasteiger partial charge < -0.3 is 10.5 Å². The second kappa shape index (κ2) is 6.05. The Morgan fingerprint density at radius 3 is 2.65 bits per heavy atom. The monoisotopic (exact) mass is 305 g/mol. The molecule has 0 saturated heterocycles. The van der Waals surface area contributed by atoms with Gasteiger partial charge in [-0.3, -0.25) is 0 Å². The van der Waals surface area contributed by atoms with Crippen LogP contribution in [0.4, 0.5) is 8.78 Å². The molecule has 1 fully saturated rings. The minimum absolute atomic E-state index is 0.0156. The highest BCUT2D eigenvalue weighted by Crippen LogP contribution is 2.33. The summed E-state index contributed by atoms with van der Waals surface area (Å²) in [5.74, 6) is -3.34. The first-order valence-electron chi connectivity index (χ1n) is 6.44. The third kappa shape index (κ3) is 2.93. The zero-order valence-electron chi connectivity index (χ0n) is 10.8. The Hall–Kier alpha value is -1.21. The predicted molar refractivity (Wildman–Crippen MR) is 70.4 cm³/mol. The molecule has 7 heteroatoms. The molecule has 2 rings (SSSR count). The summed E-state index contributed by atoms with van der Waals surface area (Å²) in [7, 11) is -4.66. The number of halogens is 2. The van der Waals surface area contributed by atoms with E-state index in [4.69, 9.17) is 10.5 Å². The van der Waals surface area contributed by atoms with E-state index in [1.165, 1.54) is 12.1 Å². The number of hydrogen-bond donors (Lipinski definition) is 1. The Balaban J connectivity index is 2.29. The van der Waals surface area contributed by atoms with Crippen LogP contribution in [0.3, 0.4) is 0 Å². The predicted octanol–water partition coefficient (Wildman–Crippen LogP) is 2.19. The summed E-state index contributed by atoms with van der Waals surface area (Å²) in [5.41, 5.74) is 5.63. The molecule has 0 amide bonds. The average molecular weight is 305 g/mol. The van der Waals surface area contributed by atoms with E-state index < -0.39 is 20.5 Å². The molecular weight excluding hydrogens is 288 g/mol. The molecule has 0 bridgehead atoms. The Morgan fingerprint density at radius 1 is 1.30 bits per heavy atom. The molecule has 1 saturated carbocycles. The SMILES string of the molecule is NCC1CCCC1Oc1ccccc1S(=O)(=O)C(F)F. The number of ether oxygens (including phenoxy) is 1. The van der Waals surface area contributed by atoms with Crippen LogP contribution in [0.1, 0.15) is 19.3 Å². The zero-order valence-corrected chi connectivity index (χ0v) is 11.7. The molecule has 20 heavy (non-hydrogen) atoms. The van der Waals surface area contributed by atoms with Crippen molar-refractivity contribution in [2.45, 2.75) is 36.0 Å². The smallest absolute Gasteiger partial charge is 0.341 e. The minimum Gasteiger partial charge on any atom is -0.489 e. The van der Waals surface area contributed by atoms with Crippen LogP contribution in [0.5, 0.6) is 5.75 Å². The molecule has 1 aromatic rings. The van der Waals surface area contributed by atoms with Crippen molar-refractivity contribution in [3.05, 3.63) is 24.3 Å². The maximum atomic E-state index is 12.7. The number of hydrogen-bond acceptors (Lipinski definition) is 4. The van der Waals surface area contributed by atoms with E-state index in [1.807, 2.05) is 0 Å². The quantitative estimate of drug-likeness (QED) is 0.905. The van der Waals surface area contributed by atoms with Gasteiger partial charge in [-0.2, -0.15) is 8.78 Å². The summed E-state index contributed by atoms with van der Waals surface area (Å²) in [4.78, 5) is -0.460. The van der Waals surface area contributed by atoms with Gasteiger partial charge in [0.05, 0.1) is 0 Å². The number of para-hydroxylation sites is 1. The standard InChI is InChI=1S/C13H17F2NO3S/c14-13(15)20(17,18)12-7-2-1-5-11(12)19-10-6-3-4-9(10)8-16/h1-2,5,7,9-10,13H,3-4,6,8,16H2. The van der Waals surface area contributed by atoms with E-state index in [9.17, 15) is 17.2 Å². The molecule has 1 aromatic carbocycles. The van der Waals surface area contributed by atoms with Crippen molar-refractivity contribution in [2.24, 2.45) is 11.7 Å². The molecule has 2 unspecified atom stereocenters. The summed E-state index contributed by atoms with van der Waals surface area (Å²) in [5, 5.41) is 0. The number of nitrogens with two attached hydrogens (primary N) is 1. The van der Waals surface area contributed by atoms with Crippen LogP contribution in [-0.2, 0) is 9.84 Å². The molecule has 2 atom stereocenters. The summed E-state index contributed by atoms with van der Waals surface area (Å²) in [6.07, 6.45) is 2.39. The van der Waals surface area contributed by atoms with Crippen LogP contribution in [0.25, 0.3) is 0 Å². The highest BCUT2D eigenvalue weighted by Gasteiger charge is 2.33. The van der Waals surface area contributed by atoms with Gasteiger partial charge in [-0.25, -0.2) is 8.42 Å². The maximum Gasteiger partial charge on any atom is 0.341 e. The van der Waals surface area contributed by atoms with Crippen LogP contribution >= 0.6 is 0 Å². The Labute approximate surface area is 116 Å². The molecule has 1 aliphatic carbocycles. The van der Waals surface area contributed by atoms with Gasteiger partial charge in [0, 0.05) is 5.92 Å². The third-order valence-electron chi connectivity index (χ3n) is 3.56. The molecule has 0 radical (unpaired) electrons. The first-order chi connectivity index (χ1) is 9.46.